The van der Waals surface area contributed by atoms with Gasteiger partial charge in [0.05, 0.1) is 36.6 Å². The number of nitrogens with zero attached hydrogens (tertiary/aromatic N) is 2. The van der Waals surface area contributed by atoms with Crippen LogP contribution in [0.25, 0.3) is 0 Å². The average molecular weight is 583 g/mol. The number of halogens is 4. The summed E-state index contributed by atoms with van der Waals surface area (Å²) in [5, 5.41) is 0. The van der Waals surface area contributed by atoms with Crippen LogP contribution in [0.5, 0.6) is 11.5 Å². The minimum Gasteiger partial charge on any atom is -0.490 e. The lowest BCUT2D eigenvalue weighted by molar-refractivity contribution is -0.0500. The Morgan fingerprint density at radius 2 is 1.61 bits per heavy atom. The molecule has 4 rings (SSSR count). The lowest BCUT2D eigenvalue weighted by Crippen LogP contribution is -2.33. The summed E-state index contributed by atoms with van der Waals surface area (Å²) in [7, 11) is 0. The van der Waals surface area contributed by atoms with Crippen molar-refractivity contribution in [2.45, 2.75) is 109 Å². The molecular weight excluding hydrogens is 540 g/mol. The van der Waals surface area contributed by atoms with E-state index in [1.165, 1.54) is 37.7 Å². The number of benzene rings is 1. The SMILES string of the molecule is CCCCCCC1OC1COc1cnc(C2CCc3cc(OCCCCOCCCC)c(F)c(F)c3C2(F)F)nc1. The van der Waals surface area contributed by atoms with E-state index >= 15 is 13.2 Å². The van der Waals surface area contributed by atoms with Crippen molar-refractivity contribution < 1.29 is 36.5 Å². The molecule has 0 radical (unpaired) electrons. The van der Waals surface area contributed by atoms with Crippen LogP contribution in [0.2, 0.25) is 0 Å². The molecule has 228 valence electrons. The Labute approximate surface area is 240 Å². The summed E-state index contributed by atoms with van der Waals surface area (Å²) in [6.45, 7) is 5.98. The maximum Gasteiger partial charge on any atom is 0.286 e. The van der Waals surface area contributed by atoms with Crippen molar-refractivity contribution in [1.82, 2.24) is 9.97 Å². The smallest absolute Gasteiger partial charge is 0.286 e. The third-order valence-electron chi connectivity index (χ3n) is 7.71. The van der Waals surface area contributed by atoms with Gasteiger partial charge in [-0.05, 0) is 50.2 Å². The maximum atomic E-state index is 15.6. The van der Waals surface area contributed by atoms with Gasteiger partial charge >= 0.3 is 0 Å². The molecule has 2 aromatic rings. The van der Waals surface area contributed by atoms with Crippen molar-refractivity contribution >= 4 is 0 Å². The Morgan fingerprint density at radius 1 is 0.878 bits per heavy atom. The minimum atomic E-state index is -3.69. The zero-order chi connectivity index (χ0) is 29.2. The van der Waals surface area contributed by atoms with Crippen LogP contribution in [-0.2, 0) is 21.8 Å². The van der Waals surface area contributed by atoms with Crippen molar-refractivity contribution in [2.75, 3.05) is 26.4 Å². The number of unbranched alkanes of at least 4 members (excludes halogenated alkanes) is 5. The van der Waals surface area contributed by atoms with Gasteiger partial charge in [-0.25, -0.2) is 23.1 Å². The van der Waals surface area contributed by atoms with Crippen LogP contribution in [0, 0.1) is 11.6 Å². The summed E-state index contributed by atoms with van der Waals surface area (Å²) in [5.74, 6) is -8.30. The monoisotopic (exact) mass is 582 g/mol. The summed E-state index contributed by atoms with van der Waals surface area (Å²) in [5.41, 5.74) is -0.903. The molecule has 1 fully saturated rings. The number of rotatable bonds is 18. The molecule has 2 aliphatic rings. The van der Waals surface area contributed by atoms with Gasteiger partial charge in [-0.15, -0.1) is 0 Å². The first-order valence-corrected chi connectivity index (χ1v) is 15.1. The van der Waals surface area contributed by atoms with Crippen LogP contribution in [-0.4, -0.2) is 48.6 Å². The molecular formula is C31H42F4N2O4. The maximum absolute atomic E-state index is 15.6. The number of alkyl halides is 2. The van der Waals surface area contributed by atoms with E-state index in [0.717, 1.165) is 25.7 Å². The summed E-state index contributed by atoms with van der Waals surface area (Å²) in [4.78, 5) is 8.20. The van der Waals surface area contributed by atoms with Crippen molar-refractivity contribution in [1.29, 1.82) is 0 Å². The zero-order valence-corrected chi connectivity index (χ0v) is 24.1. The molecule has 10 heteroatoms. The normalized spacial score (nSPS) is 21.0. The molecule has 0 saturated carbocycles. The van der Waals surface area contributed by atoms with Crippen molar-refractivity contribution in [3.05, 3.63) is 47.0 Å². The Kier molecular flexibility index (Phi) is 11.6. The summed E-state index contributed by atoms with van der Waals surface area (Å²) in [6.07, 6.45) is 12.0. The van der Waals surface area contributed by atoms with Gasteiger partial charge in [0.1, 0.15) is 18.5 Å². The second-order valence-corrected chi connectivity index (χ2v) is 10.9. The molecule has 1 saturated heterocycles. The number of hydrogen-bond donors (Lipinski definition) is 0. The Balaban J connectivity index is 1.30. The quantitative estimate of drug-likeness (QED) is 0.102. The van der Waals surface area contributed by atoms with Gasteiger partial charge in [0, 0.05) is 13.2 Å². The van der Waals surface area contributed by atoms with E-state index in [9.17, 15) is 4.39 Å². The molecule has 41 heavy (non-hydrogen) atoms. The molecule has 3 atom stereocenters. The van der Waals surface area contributed by atoms with E-state index in [-0.39, 0.29) is 48.8 Å². The molecule has 2 heterocycles. The van der Waals surface area contributed by atoms with E-state index in [1.807, 2.05) is 0 Å². The predicted molar refractivity (Wildman–Crippen MR) is 147 cm³/mol. The molecule has 6 nitrogen and oxygen atoms in total. The van der Waals surface area contributed by atoms with E-state index in [2.05, 4.69) is 23.8 Å². The van der Waals surface area contributed by atoms with Crippen molar-refractivity contribution in [3.63, 3.8) is 0 Å². The first-order chi connectivity index (χ1) is 19.9. The zero-order valence-electron chi connectivity index (χ0n) is 24.1. The summed E-state index contributed by atoms with van der Waals surface area (Å²) in [6, 6.07) is 1.20. The minimum absolute atomic E-state index is 0.0184. The fourth-order valence-electron chi connectivity index (χ4n) is 5.21. The van der Waals surface area contributed by atoms with Gasteiger partial charge in [-0.2, -0.15) is 4.39 Å². The molecule has 0 amide bonds. The van der Waals surface area contributed by atoms with E-state index < -0.39 is 29.0 Å². The van der Waals surface area contributed by atoms with Gasteiger partial charge in [0.25, 0.3) is 5.92 Å². The van der Waals surface area contributed by atoms with Gasteiger partial charge < -0.3 is 18.9 Å². The third kappa shape index (κ3) is 8.31. The van der Waals surface area contributed by atoms with Crippen LogP contribution in [0.4, 0.5) is 17.6 Å². The molecule has 3 unspecified atom stereocenters. The van der Waals surface area contributed by atoms with Gasteiger partial charge in [-0.1, -0.05) is 46.0 Å². The molecule has 0 N–H and O–H groups in total. The van der Waals surface area contributed by atoms with Gasteiger partial charge in [-0.3, -0.25) is 0 Å². The van der Waals surface area contributed by atoms with Crippen LogP contribution < -0.4 is 9.47 Å². The number of fused-ring (bicyclic) bond motifs is 1. The molecule has 1 aliphatic heterocycles. The molecule has 0 bridgehead atoms. The number of ether oxygens (including phenoxy) is 4. The lowest BCUT2D eigenvalue weighted by Gasteiger charge is -2.33. The summed E-state index contributed by atoms with van der Waals surface area (Å²) < 4.78 is 83.2. The highest BCUT2D eigenvalue weighted by Crippen LogP contribution is 2.51. The van der Waals surface area contributed by atoms with Gasteiger partial charge in [0.2, 0.25) is 5.82 Å². The molecule has 0 spiro atoms. The first kappa shape index (κ1) is 31.5. The van der Waals surface area contributed by atoms with Crippen LogP contribution in [0.15, 0.2) is 18.5 Å². The van der Waals surface area contributed by atoms with Gasteiger partial charge in [0.15, 0.2) is 17.3 Å². The lowest BCUT2D eigenvalue weighted by atomic mass is 9.79. The Hall–Kier alpha value is -2.46. The van der Waals surface area contributed by atoms with Crippen LogP contribution >= 0.6 is 0 Å². The molecule has 1 aromatic carbocycles. The third-order valence-corrected chi connectivity index (χ3v) is 7.71. The first-order valence-electron chi connectivity index (χ1n) is 15.1. The molecule has 1 aromatic heterocycles. The number of aromatic nitrogens is 2. The fourth-order valence-corrected chi connectivity index (χ4v) is 5.21. The van der Waals surface area contributed by atoms with E-state index in [1.54, 1.807) is 0 Å². The average Bonchev–Trinajstić information content (AvgIpc) is 3.72. The van der Waals surface area contributed by atoms with Crippen molar-refractivity contribution in [2.24, 2.45) is 0 Å². The highest BCUT2D eigenvalue weighted by molar-refractivity contribution is 5.44. The van der Waals surface area contributed by atoms with E-state index in [4.69, 9.17) is 18.9 Å². The second-order valence-electron chi connectivity index (χ2n) is 10.9. The number of hydrogen-bond acceptors (Lipinski definition) is 6. The highest BCUT2D eigenvalue weighted by Gasteiger charge is 2.51. The topological polar surface area (TPSA) is 66.0 Å². The van der Waals surface area contributed by atoms with Crippen LogP contribution in [0.1, 0.15) is 101 Å². The predicted octanol–water partition coefficient (Wildman–Crippen LogP) is 7.67. The van der Waals surface area contributed by atoms with E-state index in [0.29, 0.717) is 38.4 Å². The fraction of sp³-hybridized carbons (Fsp3) is 0.677. The number of epoxide rings is 1. The second kappa shape index (κ2) is 15.1. The Morgan fingerprint density at radius 3 is 2.37 bits per heavy atom. The largest absolute Gasteiger partial charge is 0.490 e. The summed E-state index contributed by atoms with van der Waals surface area (Å²) >= 11 is 0. The number of aryl methyl sites for hydroxylation is 1. The van der Waals surface area contributed by atoms with Crippen LogP contribution in [0.3, 0.4) is 0 Å². The standard InChI is InChI=1S/C31H42F4N2O4/c1-3-5-7-8-11-24-26(41-24)20-40-22-18-36-30(37-19-22)23-13-12-21-17-25(28(32)29(33)27(21)31(23,34)35)39-16-10-9-15-38-14-6-4-2/h17-19,23-24,26H,3-16,20H2,1-2H3. The highest BCUT2D eigenvalue weighted by atomic mass is 19.3. The van der Waals surface area contributed by atoms with Crippen molar-refractivity contribution in [3.8, 4) is 11.5 Å². The Bertz CT molecular complexity index is 1100. The molecule has 1 aliphatic carbocycles.